The number of phenols is 1. The Morgan fingerprint density at radius 3 is 2.62 bits per heavy atom. The first-order chi connectivity index (χ1) is 24.5. The fourth-order valence-corrected chi connectivity index (χ4v) is 7.92. The number of nitriles is 1. The maximum absolute atomic E-state index is 13.3. The first kappa shape index (κ1) is 32.1. The predicted octanol–water partition coefficient (Wildman–Crippen LogP) is 5.64. The van der Waals surface area contributed by atoms with Crippen molar-refractivity contribution in [2.45, 2.75) is 69.8 Å². The Morgan fingerprint density at radius 1 is 0.940 bits per heavy atom. The number of fused-ring (bicyclic) bond motifs is 2. The third kappa shape index (κ3) is 6.72. The van der Waals surface area contributed by atoms with Crippen LogP contribution in [0.25, 0.3) is 10.8 Å². The Hall–Kier alpha value is -5.08. The van der Waals surface area contributed by atoms with Crippen LogP contribution in [0.5, 0.6) is 11.8 Å². The van der Waals surface area contributed by atoms with Crippen LogP contribution in [0, 0.1) is 11.3 Å². The minimum atomic E-state index is -0.409. The van der Waals surface area contributed by atoms with Crippen LogP contribution < -0.4 is 14.5 Å². The highest BCUT2D eigenvalue weighted by atomic mass is 16.6. The number of ether oxygens (including phenoxy) is 2. The molecule has 1 aliphatic carbocycles. The van der Waals surface area contributed by atoms with Gasteiger partial charge in [0.25, 0.3) is 0 Å². The number of amides is 1. The van der Waals surface area contributed by atoms with E-state index < -0.39 is 6.09 Å². The summed E-state index contributed by atoms with van der Waals surface area (Å²) in [6.07, 6.45) is 5.32. The van der Waals surface area contributed by atoms with Crippen molar-refractivity contribution in [3.8, 4) is 17.8 Å². The van der Waals surface area contributed by atoms with Crippen LogP contribution in [0.15, 0.2) is 66.7 Å². The van der Waals surface area contributed by atoms with Gasteiger partial charge in [-0.05, 0) is 55.7 Å². The van der Waals surface area contributed by atoms with Crippen LogP contribution in [-0.2, 0) is 24.3 Å². The van der Waals surface area contributed by atoms with E-state index in [-0.39, 0.29) is 24.8 Å². The Labute approximate surface area is 292 Å². The number of phenolic OH excluding ortho intramolecular Hbond substituents is 1. The summed E-state index contributed by atoms with van der Waals surface area (Å²) in [5.41, 5.74) is 3.85. The molecular formula is C39H43N7O4. The van der Waals surface area contributed by atoms with E-state index in [2.05, 4.69) is 26.8 Å². The molecule has 3 fully saturated rings. The van der Waals surface area contributed by atoms with Crippen molar-refractivity contribution in [3.05, 3.63) is 83.6 Å². The fraction of sp³-hybridized carbons (Fsp3) is 0.436. The molecule has 4 aliphatic rings. The van der Waals surface area contributed by atoms with Crippen molar-refractivity contribution < 1.29 is 19.4 Å². The van der Waals surface area contributed by atoms with Crippen LogP contribution in [0.1, 0.15) is 48.9 Å². The lowest BCUT2D eigenvalue weighted by atomic mass is 10.0. The van der Waals surface area contributed by atoms with Gasteiger partial charge in [0.1, 0.15) is 24.8 Å². The van der Waals surface area contributed by atoms with E-state index in [4.69, 9.17) is 19.4 Å². The third-order valence-corrected chi connectivity index (χ3v) is 10.6. The summed E-state index contributed by atoms with van der Waals surface area (Å²) in [4.78, 5) is 32.1. The topological polar surface area (TPSA) is 118 Å². The second-order valence-corrected chi connectivity index (χ2v) is 13.9. The van der Waals surface area contributed by atoms with Crippen molar-refractivity contribution >= 4 is 28.4 Å². The van der Waals surface area contributed by atoms with Crippen molar-refractivity contribution in [1.82, 2.24) is 19.8 Å². The zero-order valence-electron chi connectivity index (χ0n) is 28.3. The van der Waals surface area contributed by atoms with Gasteiger partial charge >= 0.3 is 12.1 Å². The van der Waals surface area contributed by atoms with E-state index in [1.807, 2.05) is 54.6 Å². The van der Waals surface area contributed by atoms with Crippen molar-refractivity contribution in [2.75, 3.05) is 49.1 Å². The van der Waals surface area contributed by atoms with E-state index in [1.165, 1.54) is 19.3 Å². The number of aromatic hydroxyl groups is 1. The number of carbonyl (C=O) groups excluding carboxylic acids is 1. The maximum atomic E-state index is 13.3. The van der Waals surface area contributed by atoms with E-state index in [1.54, 1.807) is 11.0 Å². The Balaban J connectivity index is 1.06. The SMILES string of the molecule is N#CC[C@H]1CN(c2nc(OC[C@@H]3CCCN3C3CC3)nc3c2CCN(c2cc(O)cc4ccccc24)C3)CCN1C(=O)OCc1ccccc1. The molecule has 3 aliphatic heterocycles. The molecule has 1 amide bonds. The monoisotopic (exact) mass is 673 g/mol. The molecule has 2 saturated heterocycles. The summed E-state index contributed by atoms with van der Waals surface area (Å²) in [5, 5.41) is 22.4. The third-order valence-electron chi connectivity index (χ3n) is 10.6. The van der Waals surface area contributed by atoms with Gasteiger partial charge in [-0.15, -0.1) is 0 Å². The second kappa shape index (κ2) is 14.0. The van der Waals surface area contributed by atoms with E-state index >= 15 is 0 Å². The molecule has 258 valence electrons. The summed E-state index contributed by atoms with van der Waals surface area (Å²) in [7, 11) is 0. The van der Waals surface area contributed by atoms with Gasteiger partial charge in [-0.25, -0.2) is 4.79 Å². The molecule has 1 saturated carbocycles. The average molecular weight is 674 g/mol. The van der Waals surface area contributed by atoms with Crippen LogP contribution >= 0.6 is 0 Å². The minimum absolute atomic E-state index is 0.184. The molecule has 2 atom stereocenters. The number of hydrogen-bond donors (Lipinski definition) is 1. The molecule has 1 N–H and O–H groups in total. The minimum Gasteiger partial charge on any atom is -0.508 e. The van der Waals surface area contributed by atoms with Gasteiger partial charge in [0.15, 0.2) is 0 Å². The number of benzene rings is 3. The molecule has 0 bridgehead atoms. The standard InChI is InChI=1S/C39H43N7O4/c40-16-14-30-23-44(19-20-46(30)39(48)50-25-27-7-2-1-3-8-27)37-34-15-18-43(36-22-32(47)21-28-9-4-5-11-33(28)36)24-35(34)41-38(42-37)49-26-31-10-6-17-45(31)29-12-13-29/h1-5,7-9,11,21-22,29-31,47H,6,10,12-15,17-20,23-26H2/t30-,31-/m0/s1. The van der Waals surface area contributed by atoms with E-state index in [9.17, 15) is 15.2 Å². The summed E-state index contributed by atoms with van der Waals surface area (Å²) < 4.78 is 12.1. The Kier molecular flexibility index (Phi) is 9.02. The molecule has 8 rings (SSSR count). The Bertz CT molecular complexity index is 1900. The lowest BCUT2D eigenvalue weighted by Crippen LogP contribution is -2.55. The number of hydrogen-bond acceptors (Lipinski definition) is 10. The molecule has 11 heteroatoms. The van der Waals surface area contributed by atoms with Gasteiger partial charge < -0.3 is 29.3 Å². The van der Waals surface area contributed by atoms with Crippen molar-refractivity contribution in [2.24, 2.45) is 0 Å². The molecule has 0 radical (unpaired) electrons. The number of likely N-dealkylation sites (tertiary alicyclic amines) is 1. The molecule has 1 aromatic heterocycles. The first-order valence-corrected chi connectivity index (χ1v) is 17.9. The van der Waals surface area contributed by atoms with Crippen LogP contribution in [0.4, 0.5) is 16.3 Å². The highest BCUT2D eigenvalue weighted by molar-refractivity contribution is 5.95. The lowest BCUT2D eigenvalue weighted by Gasteiger charge is -2.42. The zero-order chi connectivity index (χ0) is 34.0. The predicted molar refractivity (Wildman–Crippen MR) is 190 cm³/mol. The summed E-state index contributed by atoms with van der Waals surface area (Å²) >= 11 is 0. The molecule has 11 nitrogen and oxygen atoms in total. The summed E-state index contributed by atoms with van der Waals surface area (Å²) in [5.74, 6) is 1.05. The molecule has 0 spiro atoms. The lowest BCUT2D eigenvalue weighted by molar-refractivity contribution is 0.0767. The van der Waals surface area contributed by atoms with Crippen molar-refractivity contribution in [3.63, 3.8) is 0 Å². The van der Waals surface area contributed by atoms with Crippen LogP contribution in [0.3, 0.4) is 0 Å². The van der Waals surface area contributed by atoms with E-state index in [0.29, 0.717) is 57.3 Å². The van der Waals surface area contributed by atoms with Crippen molar-refractivity contribution in [1.29, 1.82) is 5.26 Å². The number of aromatic nitrogens is 2. The number of piperazine rings is 1. The highest BCUT2D eigenvalue weighted by Gasteiger charge is 2.38. The number of nitrogens with zero attached hydrogens (tertiary/aromatic N) is 7. The molecule has 4 aromatic rings. The Morgan fingerprint density at radius 2 is 1.78 bits per heavy atom. The molecular weight excluding hydrogens is 630 g/mol. The summed E-state index contributed by atoms with van der Waals surface area (Å²) in [6, 6.07) is 24.7. The number of carbonyl (C=O) groups is 1. The van der Waals surface area contributed by atoms with Gasteiger partial charge in [0, 0.05) is 61.0 Å². The molecule has 4 heterocycles. The maximum Gasteiger partial charge on any atom is 0.410 e. The first-order valence-electron chi connectivity index (χ1n) is 17.9. The average Bonchev–Trinajstić information content (AvgIpc) is 3.89. The van der Waals surface area contributed by atoms with Crippen LogP contribution in [-0.4, -0.2) is 88.4 Å². The van der Waals surface area contributed by atoms with Gasteiger partial charge in [-0.1, -0.05) is 54.6 Å². The normalized spacial score (nSPS) is 20.8. The fourth-order valence-electron chi connectivity index (χ4n) is 7.92. The van der Waals surface area contributed by atoms with Gasteiger partial charge in [0.2, 0.25) is 0 Å². The second-order valence-electron chi connectivity index (χ2n) is 13.9. The van der Waals surface area contributed by atoms with Gasteiger partial charge in [-0.3, -0.25) is 4.90 Å². The van der Waals surface area contributed by atoms with Gasteiger partial charge in [-0.2, -0.15) is 15.2 Å². The largest absolute Gasteiger partial charge is 0.508 e. The number of rotatable bonds is 9. The summed E-state index contributed by atoms with van der Waals surface area (Å²) in [6.45, 7) is 4.54. The molecule has 50 heavy (non-hydrogen) atoms. The quantitative estimate of drug-likeness (QED) is 0.239. The number of anilines is 2. The van der Waals surface area contributed by atoms with E-state index in [0.717, 1.165) is 58.6 Å². The molecule has 3 aromatic carbocycles. The zero-order valence-corrected chi connectivity index (χ0v) is 28.3. The van der Waals surface area contributed by atoms with Gasteiger partial charge in [0.05, 0.1) is 30.8 Å². The van der Waals surface area contributed by atoms with Crippen LogP contribution in [0.2, 0.25) is 0 Å². The molecule has 0 unspecified atom stereocenters. The highest BCUT2D eigenvalue weighted by Crippen LogP contribution is 2.37. The smallest absolute Gasteiger partial charge is 0.410 e.